The molecule has 6 heteroatoms. The fraction of sp³-hybridized carbons (Fsp3) is 0.800. The highest BCUT2D eigenvalue weighted by atomic mass is 16.5. The van der Waals surface area contributed by atoms with Crippen LogP contribution in [0.25, 0.3) is 0 Å². The number of esters is 1. The molecule has 172 valence electrons. The van der Waals surface area contributed by atoms with Crippen LogP contribution in [0.2, 0.25) is 0 Å². The molecule has 3 aliphatic carbocycles. The minimum atomic E-state index is -0.793. The summed E-state index contributed by atoms with van der Waals surface area (Å²) < 4.78 is 11.1. The molecule has 1 unspecified atom stereocenters. The first-order valence-electron chi connectivity index (χ1n) is 12.2. The average molecular weight is 432 g/mol. The van der Waals surface area contributed by atoms with Gasteiger partial charge in [0.2, 0.25) is 0 Å². The van der Waals surface area contributed by atoms with Gasteiger partial charge in [0.15, 0.2) is 0 Å². The Morgan fingerprint density at radius 3 is 2.35 bits per heavy atom. The van der Waals surface area contributed by atoms with E-state index in [9.17, 15) is 14.7 Å². The summed E-state index contributed by atoms with van der Waals surface area (Å²) in [6.07, 6.45) is 8.31. The van der Waals surface area contributed by atoms with Crippen molar-refractivity contribution in [2.24, 2.45) is 23.7 Å². The Labute approximate surface area is 185 Å². The predicted octanol–water partition coefficient (Wildman–Crippen LogP) is 5.63. The van der Waals surface area contributed by atoms with Gasteiger partial charge in [-0.25, -0.2) is 0 Å². The molecule has 4 rings (SSSR count). The van der Waals surface area contributed by atoms with Crippen LogP contribution in [0.1, 0.15) is 113 Å². The van der Waals surface area contributed by atoms with Crippen molar-refractivity contribution in [2.45, 2.75) is 96.3 Å². The zero-order valence-electron chi connectivity index (χ0n) is 19.1. The highest BCUT2D eigenvalue weighted by Gasteiger charge is 2.43. The van der Waals surface area contributed by atoms with Gasteiger partial charge in [0, 0.05) is 17.4 Å². The van der Waals surface area contributed by atoms with Gasteiger partial charge in [-0.3, -0.25) is 9.59 Å². The Morgan fingerprint density at radius 2 is 1.77 bits per heavy atom. The molecule has 3 fully saturated rings. The van der Waals surface area contributed by atoms with E-state index < -0.39 is 5.97 Å². The van der Waals surface area contributed by atoms with Gasteiger partial charge < -0.3 is 14.4 Å². The van der Waals surface area contributed by atoms with E-state index in [0.717, 1.165) is 55.4 Å². The maximum absolute atomic E-state index is 11.9. The van der Waals surface area contributed by atoms with Gasteiger partial charge in [-0.2, -0.15) is 0 Å². The molecule has 0 amide bonds. The number of ether oxygens (including phenoxy) is 1. The Kier molecular flexibility index (Phi) is 6.73. The number of hydrogen-bond acceptors (Lipinski definition) is 5. The van der Waals surface area contributed by atoms with Gasteiger partial charge >= 0.3 is 11.9 Å². The Bertz CT molecular complexity index is 784. The lowest BCUT2D eigenvalue weighted by Crippen LogP contribution is -2.33. The molecule has 1 atom stereocenters. The number of aliphatic carboxylic acids is 1. The monoisotopic (exact) mass is 431 g/mol. The summed E-state index contributed by atoms with van der Waals surface area (Å²) in [7, 11) is 0. The first-order chi connectivity index (χ1) is 14.9. The summed E-state index contributed by atoms with van der Waals surface area (Å²) in [6, 6.07) is 0. The third-order valence-electron chi connectivity index (χ3n) is 7.46. The van der Waals surface area contributed by atoms with Crippen LogP contribution in [0.15, 0.2) is 4.52 Å². The molecule has 0 aliphatic heterocycles. The van der Waals surface area contributed by atoms with E-state index in [1.807, 2.05) is 6.92 Å². The average Bonchev–Trinajstić information content (AvgIpc) is 3.38. The molecule has 1 aromatic rings. The lowest BCUT2D eigenvalue weighted by molar-refractivity contribution is -0.153. The molecule has 6 nitrogen and oxygen atoms in total. The first-order valence-corrected chi connectivity index (χ1v) is 12.2. The number of carboxylic acids is 1. The number of nitrogens with zero attached hydrogens (tertiary/aromatic N) is 1. The maximum Gasteiger partial charge on any atom is 0.308 e. The molecule has 1 N–H and O–H groups in total. The first kappa shape index (κ1) is 22.3. The standard InChI is InChI=1S/C25H37NO5/c1-4-30-25(29)20-11-16(12-20)8-18(13-21(27)28)23-22(17-5-6-17)24(31-26-23)19-9-15(10-19)7-14(2)3/h14-20H,4-13H2,1-3H3,(H,27,28). The van der Waals surface area contributed by atoms with Crippen molar-refractivity contribution in [3.05, 3.63) is 17.0 Å². The summed E-state index contributed by atoms with van der Waals surface area (Å²) in [5.41, 5.74) is 2.13. The Hall–Kier alpha value is -1.85. The predicted molar refractivity (Wildman–Crippen MR) is 116 cm³/mol. The molecule has 1 aromatic heterocycles. The number of carbonyl (C=O) groups is 2. The van der Waals surface area contributed by atoms with Crippen LogP contribution >= 0.6 is 0 Å². The highest BCUT2D eigenvalue weighted by Crippen LogP contribution is 2.53. The van der Waals surface area contributed by atoms with E-state index >= 15 is 0 Å². The van der Waals surface area contributed by atoms with Gasteiger partial charge in [-0.05, 0) is 82.0 Å². The summed E-state index contributed by atoms with van der Waals surface area (Å²) in [5, 5.41) is 14.0. The van der Waals surface area contributed by atoms with Crippen LogP contribution in [0.5, 0.6) is 0 Å². The minimum Gasteiger partial charge on any atom is -0.481 e. The summed E-state index contributed by atoms with van der Waals surface area (Å²) in [4.78, 5) is 23.6. The largest absolute Gasteiger partial charge is 0.481 e. The third kappa shape index (κ3) is 5.15. The van der Waals surface area contributed by atoms with Crippen molar-refractivity contribution < 1.29 is 24.0 Å². The molecule has 0 radical (unpaired) electrons. The van der Waals surface area contributed by atoms with E-state index in [1.165, 1.54) is 24.8 Å². The van der Waals surface area contributed by atoms with E-state index in [2.05, 4.69) is 19.0 Å². The summed E-state index contributed by atoms with van der Waals surface area (Å²) in [6.45, 7) is 6.79. The van der Waals surface area contributed by atoms with Gasteiger partial charge in [-0.15, -0.1) is 0 Å². The van der Waals surface area contributed by atoms with E-state index in [0.29, 0.717) is 24.4 Å². The van der Waals surface area contributed by atoms with Gasteiger partial charge in [0.1, 0.15) is 5.76 Å². The van der Waals surface area contributed by atoms with Crippen molar-refractivity contribution >= 4 is 11.9 Å². The number of aromatic nitrogens is 1. The van der Waals surface area contributed by atoms with Crippen molar-refractivity contribution in [1.29, 1.82) is 0 Å². The zero-order valence-corrected chi connectivity index (χ0v) is 19.1. The van der Waals surface area contributed by atoms with Crippen LogP contribution in [-0.4, -0.2) is 28.8 Å². The van der Waals surface area contributed by atoms with Crippen LogP contribution in [0.4, 0.5) is 0 Å². The van der Waals surface area contributed by atoms with Crippen LogP contribution in [0.3, 0.4) is 0 Å². The molecular formula is C25H37NO5. The van der Waals surface area contributed by atoms with Crippen molar-refractivity contribution in [3.63, 3.8) is 0 Å². The molecule has 3 saturated carbocycles. The normalized spacial score (nSPS) is 28.6. The third-order valence-corrected chi connectivity index (χ3v) is 7.46. The minimum absolute atomic E-state index is 0.0286. The smallest absolute Gasteiger partial charge is 0.308 e. The zero-order chi connectivity index (χ0) is 22.1. The molecule has 0 spiro atoms. The number of hydrogen-bond donors (Lipinski definition) is 1. The highest BCUT2D eigenvalue weighted by molar-refractivity contribution is 5.73. The number of carbonyl (C=O) groups excluding carboxylic acids is 1. The van der Waals surface area contributed by atoms with E-state index in [4.69, 9.17) is 9.26 Å². The molecule has 3 aliphatic rings. The second kappa shape index (κ2) is 9.33. The van der Waals surface area contributed by atoms with Crippen LogP contribution in [-0.2, 0) is 14.3 Å². The number of rotatable bonds is 11. The Balaban J connectivity index is 1.45. The fourth-order valence-electron chi connectivity index (χ4n) is 5.79. The topological polar surface area (TPSA) is 89.6 Å². The van der Waals surface area contributed by atoms with Crippen molar-refractivity contribution in [2.75, 3.05) is 6.61 Å². The SMILES string of the molecule is CCOC(=O)C1CC(CC(CC(=O)O)c2noc(C3CC(CC(C)C)C3)c2C2CC2)C1. The summed E-state index contributed by atoms with van der Waals surface area (Å²) >= 11 is 0. The van der Waals surface area contributed by atoms with Crippen molar-refractivity contribution in [3.8, 4) is 0 Å². The molecule has 1 heterocycles. The van der Waals surface area contributed by atoms with E-state index in [1.54, 1.807) is 0 Å². The lowest BCUT2D eigenvalue weighted by Gasteiger charge is -2.36. The maximum atomic E-state index is 11.9. The second-order valence-corrected chi connectivity index (χ2v) is 10.6. The van der Waals surface area contributed by atoms with Gasteiger partial charge in [-0.1, -0.05) is 19.0 Å². The van der Waals surface area contributed by atoms with Crippen LogP contribution in [0, 0.1) is 23.7 Å². The molecule has 0 bridgehead atoms. The fourth-order valence-corrected chi connectivity index (χ4v) is 5.79. The Morgan fingerprint density at radius 1 is 1.10 bits per heavy atom. The van der Waals surface area contributed by atoms with Gasteiger partial charge in [0.05, 0.1) is 24.6 Å². The molecule has 31 heavy (non-hydrogen) atoms. The molecule has 0 aromatic carbocycles. The lowest BCUT2D eigenvalue weighted by atomic mass is 9.68. The van der Waals surface area contributed by atoms with Gasteiger partial charge in [0.25, 0.3) is 0 Å². The number of carboxylic acid groups (broad SMARTS) is 1. The second-order valence-electron chi connectivity index (χ2n) is 10.6. The molecule has 0 saturated heterocycles. The molecular weight excluding hydrogens is 394 g/mol. The quantitative estimate of drug-likeness (QED) is 0.457. The van der Waals surface area contributed by atoms with Crippen LogP contribution < -0.4 is 0 Å². The van der Waals surface area contributed by atoms with Crippen molar-refractivity contribution in [1.82, 2.24) is 5.16 Å². The van der Waals surface area contributed by atoms with E-state index in [-0.39, 0.29) is 24.2 Å². The summed E-state index contributed by atoms with van der Waals surface area (Å²) in [5.74, 6) is 2.76.